The maximum absolute atomic E-state index is 12.4. The number of hydrogen-bond acceptors (Lipinski definition) is 5. The van der Waals surface area contributed by atoms with Crippen molar-refractivity contribution in [1.82, 2.24) is 20.1 Å². The van der Waals surface area contributed by atoms with Gasteiger partial charge < -0.3 is 14.8 Å². The van der Waals surface area contributed by atoms with Crippen LogP contribution in [0, 0.1) is 13.8 Å². The number of carbonyl (C=O) groups is 1. The fourth-order valence-electron chi connectivity index (χ4n) is 2.68. The summed E-state index contributed by atoms with van der Waals surface area (Å²) in [6.07, 6.45) is -0.647. The number of rotatable bonds is 4. The van der Waals surface area contributed by atoms with E-state index in [-0.39, 0.29) is 18.7 Å². The van der Waals surface area contributed by atoms with Crippen molar-refractivity contribution in [2.24, 2.45) is 0 Å². The van der Waals surface area contributed by atoms with Crippen LogP contribution in [0.1, 0.15) is 36.3 Å². The molecule has 1 aliphatic rings. The third-order valence-corrected chi connectivity index (χ3v) is 3.79. The van der Waals surface area contributed by atoms with Crippen LogP contribution in [0.5, 0.6) is 5.75 Å². The summed E-state index contributed by atoms with van der Waals surface area (Å²) in [5.74, 6) is 2.07. The van der Waals surface area contributed by atoms with Crippen LogP contribution in [-0.2, 0) is 9.53 Å². The smallest absolute Gasteiger partial charge is 0.254 e. The molecule has 0 aliphatic carbocycles. The largest absolute Gasteiger partial charge is 0.467 e. The number of aromatic nitrogens is 3. The molecule has 0 fully saturated rings. The lowest BCUT2D eigenvalue weighted by atomic mass is 10.1. The molecule has 1 aromatic heterocycles. The van der Waals surface area contributed by atoms with E-state index in [0.29, 0.717) is 12.3 Å². The van der Waals surface area contributed by atoms with Crippen molar-refractivity contribution in [3.05, 3.63) is 41.5 Å². The van der Waals surface area contributed by atoms with Gasteiger partial charge in [0.1, 0.15) is 17.4 Å². The van der Waals surface area contributed by atoms with Gasteiger partial charge in [0.25, 0.3) is 5.91 Å². The molecule has 1 amide bonds. The molecule has 1 aromatic carbocycles. The number of fused-ring (bicyclic) bond motifs is 1. The predicted octanol–water partition coefficient (Wildman–Crippen LogP) is 1.68. The second kappa shape index (κ2) is 6.37. The molecule has 0 unspecified atom stereocenters. The van der Waals surface area contributed by atoms with E-state index < -0.39 is 6.10 Å². The minimum atomic E-state index is -0.647. The fraction of sp³-hybridized carbons (Fsp3) is 0.438. The molecule has 122 valence electrons. The van der Waals surface area contributed by atoms with E-state index in [1.165, 1.54) is 0 Å². The van der Waals surface area contributed by atoms with Crippen molar-refractivity contribution >= 4 is 5.91 Å². The zero-order chi connectivity index (χ0) is 16.4. The van der Waals surface area contributed by atoms with E-state index in [1.807, 2.05) is 49.7 Å². The first kappa shape index (κ1) is 15.5. The van der Waals surface area contributed by atoms with Gasteiger partial charge in [-0.15, -0.1) is 0 Å². The van der Waals surface area contributed by atoms with E-state index in [9.17, 15) is 4.79 Å². The van der Waals surface area contributed by atoms with Crippen LogP contribution in [0.15, 0.2) is 24.3 Å². The summed E-state index contributed by atoms with van der Waals surface area (Å²) in [5, 5.41) is 7.26. The normalized spacial score (nSPS) is 18.0. The topological polar surface area (TPSA) is 78.3 Å². The summed E-state index contributed by atoms with van der Waals surface area (Å²) >= 11 is 0. The lowest BCUT2D eigenvalue weighted by Gasteiger charge is -2.26. The van der Waals surface area contributed by atoms with Crippen LogP contribution in [0.4, 0.5) is 0 Å². The minimum absolute atomic E-state index is 0.00948. The monoisotopic (exact) mass is 316 g/mol. The van der Waals surface area contributed by atoms with E-state index in [0.717, 1.165) is 17.2 Å². The zero-order valence-electron chi connectivity index (χ0n) is 13.4. The Morgan fingerprint density at radius 1 is 1.43 bits per heavy atom. The highest BCUT2D eigenvalue weighted by molar-refractivity contribution is 5.83. The maximum atomic E-state index is 12.4. The number of nitrogens with one attached hydrogen (secondary N) is 1. The van der Waals surface area contributed by atoms with Gasteiger partial charge in [-0.3, -0.25) is 4.79 Å². The highest BCUT2D eigenvalue weighted by Gasteiger charge is 2.28. The van der Waals surface area contributed by atoms with Crippen molar-refractivity contribution in [2.45, 2.75) is 32.9 Å². The van der Waals surface area contributed by atoms with Gasteiger partial charge in [-0.2, -0.15) is 5.10 Å². The maximum Gasteiger partial charge on any atom is 0.254 e. The van der Waals surface area contributed by atoms with Crippen LogP contribution < -0.4 is 10.1 Å². The molecule has 0 radical (unpaired) electrons. The Bertz CT molecular complexity index is 713. The molecule has 7 heteroatoms. The highest BCUT2D eigenvalue weighted by atomic mass is 16.7. The average molecular weight is 316 g/mol. The van der Waals surface area contributed by atoms with Crippen LogP contribution >= 0.6 is 0 Å². The molecule has 1 aliphatic heterocycles. The fourth-order valence-corrected chi connectivity index (χ4v) is 2.68. The molecule has 0 saturated heterocycles. The summed E-state index contributed by atoms with van der Waals surface area (Å²) in [5.41, 5.74) is 0.747. The Hall–Kier alpha value is -2.41. The summed E-state index contributed by atoms with van der Waals surface area (Å²) in [6.45, 7) is 6.26. The Morgan fingerprint density at radius 3 is 2.96 bits per heavy atom. The first-order chi connectivity index (χ1) is 11.1. The van der Waals surface area contributed by atoms with Gasteiger partial charge in [0.05, 0.1) is 6.04 Å². The molecule has 2 heterocycles. The van der Waals surface area contributed by atoms with Crippen molar-refractivity contribution in [1.29, 1.82) is 0 Å². The highest BCUT2D eigenvalue weighted by Crippen LogP contribution is 2.31. The van der Waals surface area contributed by atoms with Gasteiger partial charge in [-0.05, 0) is 26.8 Å². The van der Waals surface area contributed by atoms with Crippen LogP contribution in [0.25, 0.3) is 0 Å². The average Bonchev–Trinajstić information content (AvgIpc) is 2.90. The molecule has 3 rings (SSSR count). The van der Waals surface area contributed by atoms with Crippen molar-refractivity contribution < 1.29 is 14.3 Å². The molecular formula is C16H20N4O3. The van der Waals surface area contributed by atoms with Gasteiger partial charge in [0.2, 0.25) is 0 Å². The van der Waals surface area contributed by atoms with E-state index in [4.69, 9.17) is 9.47 Å². The Labute approximate surface area is 134 Å². The number of nitrogens with zero attached hydrogens (tertiary/aromatic N) is 3. The summed E-state index contributed by atoms with van der Waals surface area (Å²) in [7, 11) is 0. The van der Waals surface area contributed by atoms with Crippen molar-refractivity contribution in [3.8, 4) is 5.75 Å². The number of carbonyl (C=O) groups excluding carboxylic acids is 1. The van der Waals surface area contributed by atoms with Gasteiger partial charge in [-0.25, -0.2) is 9.67 Å². The van der Waals surface area contributed by atoms with Crippen molar-refractivity contribution in [3.63, 3.8) is 0 Å². The molecule has 0 spiro atoms. The number of amides is 1. The number of aryl methyl sites for hydroxylation is 2. The lowest BCUT2D eigenvalue weighted by molar-refractivity contribution is -0.142. The van der Waals surface area contributed by atoms with E-state index in [1.54, 1.807) is 0 Å². The van der Waals surface area contributed by atoms with Gasteiger partial charge in [-0.1, -0.05) is 18.2 Å². The second-order valence-corrected chi connectivity index (χ2v) is 5.59. The zero-order valence-corrected chi connectivity index (χ0v) is 13.4. The molecule has 7 nitrogen and oxygen atoms in total. The molecule has 1 N–H and O–H groups in total. The molecule has 2 aromatic rings. The summed E-state index contributed by atoms with van der Waals surface area (Å²) in [6, 6.07) is 7.42. The molecular weight excluding hydrogens is 296 g/mol. The van der Waals surface area contributed by atoms with Crippen LogP contribution in [-0.4, -0.2) is 34.0 Å². The van der Waals surface area contributed by atoms with Crippen LogP contribution in [0.2, 0.25) is 0 Å². The second-order valence-electron chi connectivity index (χ2n) is 5.59. The first-order valence-corrected chi connectivity index (χ1v) is 7.57. The SMILES string of the molecule is Cc1nc(C)n([C@H](C)CNC(=O)[C@H]2OCOc3ccccc32)n1. The number of hydrogen-bond donors (Lipinski definition) is 1. The lowest BCUT2D eigenvalue weighted by Crippen LogP contribution is -2.37. The number of para-hydroxylation sites is 1. The Kier molecular flexibility index (Phi) is 4.29. The standard InChI is InChI=1S/C16H20N4O3/c1-10(20-12(3)18-11(2)19-20)8-17-16(21)15-13-6-4-5-7-14(13)22-9-23-15/h4-7,10,15H,8-9H2,1-3H3,(H,17,21)/t10-,15+/m1/s1. The Balaban J connectivity index is 1.65. The summed E-state index contributed by atoms with van der Waals surface area (Å²) < 4.78 is 12.7. The third kappa shape index (κ3) is 3.19. The molecule has 2 atom stereocenters. The van der Waals surface area contributed by atoms with E-state index >= 15 is 0 Å². The van der Waals surface area contributed by atoms with Crippen LogP contribution in [0.3, 0.4) is 0 Å². The minimum Gasteiger partial charge on any atom is -0.467 e. The van der Waals surface area contributed by atoms with E-state index in [2.05, 4.69) is 15.4 Å². The van der Waals surface area contributed by atoms with Crippen molar-refractivity contribution in [2.75, 3.05) is 13.3 Å². The first-order valence-electron chi connectivity index (χ1n) is 7.57. The Morgan fingerprint density at radius 2 is 2.22 bits per heavy atom. The van der Waals surface area contributed by atoms with Gasteiger partial charge in [0.15, 0.2) is 12.9 Å². The molecule has 0 bridgehead atoms. The van der Waals surface area contributed by atoms with Gasteiger partial charge in [0, 0.05) is 12.1 Å². The predicted molar refractivity (Wildman–Crippen MR) is 83.0 cm³/mol. The quantitative estimate of drug-likeness (QED) is 0.928. The number of ether oxygens (including phenoxy) is 2. The molecule has 23 heavy (non-hydrogen) atoms. The van der Waals surface area contributed by atoms with Gasteiger partial charge >= 0.3 is 0 Å². The number of benzene rings is 1. The third-order valence-electron chi connectivity index (χ3n) is 3.79. The molecule has 0 saturated carbocycles. The summed E-state index contributed by atoms with van der Waals surface area (Å²) in [4.78, 5) is 16.7.